The number of guanidine groups is 1. The van der Waals surface area contributed by atoms with E-state index in [1.807, 2.05) is 38.1 Å². The van der Waals surface area contributed by atoms with E-state index in [9.17, 15) is 4.79 Å². The van der Waals surface area contributed by atoms with Crippen LogP contribution >= 0.6 is 24.0 Å². The number of nitrogens with one attached hydrogen (secondary N) is 2. The summed E-state index contributed by atoms with van der Waals surface area (Å²) in [6.07, 6.45) is 1.75. The van der Waals surface area contributed by atoms with Crippen LogP contribution in [0.15, 0.2) is 29.3 Å². The highest BCUT2D eigenvalue weighted by Crippen LogP contribution is 2.07. The van der Waals surface area contributed by atoms with E-state index in [-0.39, 0.29) is 29.9 Å². The van der Waals surface area contributed by atoms with Gasteiger partial charge in [0.25, 0.3) is 5.91 Å². The van der Waals surface area contributed by atoms with Crippen LogP contribution in [0, 0.1) is 0 Å². The number of carbonyl (C=O) groups is 1. The SMILES string of the molecule is CCNC(=NCCCOCC)NCCc1cccc(C(=O)N(C)C)c1.I. The highest BCUT2D eigenvalue weighted by Gasteiger charge is 2.08. The minimum absolute atomic E-state index is 0. The van der Waals surface area contributed by atoms with Gasteiger partial charge in [-0.2, -0.15) is 0 Å². The third-order valence-electron chi connectivity index (χ3n) is 3.55. The van der Waals surface area contributed by atoms with E-state index in [4.69, 9.17) is 4.74 Å². The smallest absolute Gasteiger partial charge is 0.253 e. The fourth-order valence-corrected chi connectivity index (χ4v) is 2.29. The molecule has 1 rings (SSSR count). The molecule has 0 aromatic heterocycles. The lowest BCUT2D eigenvalue weighted by Crippen LogP contribution is -2.38. The van der Waals surface area contributed by atoms with Crippen molar-refractivity contribution >= 4 is 35.8 Å². The van der Waals surface area contributed by atoms with Crippen molar-refractivity contribution in [3.05, 3.63) is 35.4 Å². The van der Waals surface area contributed by atoms with Crippen LogP contribution < -0.4 is 10.6 Å². The number of hydrogen-bond donors (Lipinski definition) is 2. The Morgan fingerprint density at radius 2 is 2.00 bits per heavy atom. The predicted octanol–water partition coefficient (Wildman–Crippen LogP) is 2.53. The number of rotatable bonds is 10. The van der Waals surface area contributed by atoms with Gasteiger partial charge in [0.05, 0.1) is 0 Å². The molecule has 1 aromatic carbocycles. The van der Waals surface area contributed by atoms with Crippen LogP contribution in [-0.2, 0) is 11.2 Å². The van der Waals surface area contributed by atoms with Gasteiger partial charge >= 0.3 is 0 Å². The van der Waals surface area contributed by atoms with Gasteiger partial charge in [-0.1, -0.05) is 12.1 Å². The minimum Gasteiger partial charge on any atom is -0.382 e. The second-order valence-electron chi connectivity index (χ2n) is 5.89. The lowest BCUT2D eigenvalue weighted by atomic mass is 10.1. The lowest BCUT2D eigenvalue weighted by Gasteiger charge is -2.13. The maximum Gasteiger partial charge on any atom is 0.253 e. The third kappa shape index (κ3) is 9.96. The fourth-order valence-electron chi connectivity index (χ4n) is 2.29. The fraction of sp³-hybridized carbons (Fsp3) is 0.579. The number of nitrogens with zero attached hydrogens (tertiary/aromatic N) is 2. The molecule has 26 heavy (non-hydrogen) atoms. The molecular weight excluding hydrogens is 443 g/mol. The molecule has 0 saturated carbocycles. The Hall–Kier alpha value is -1.35. The molecule has 0 radical (unpaired) electrons. The van der Waals surface area contributed by atoms with E-state index in [2.05, 4.69) is 15.6 Å². The van der Waals surface area contributed by atoms with Crippen molar-refractivity contribution in [3.63, 3.8) is 0 Å². The zero-order valence-corrected chi connectivity index (χ0v) is 18.7. The van der Waals surface area contributed by atoms with Gasteiger partial charge in [0.2, 0.25) is 0 Å². The van der Waals surface area contributed by atoms with Crippen LogP contribution in [-0.4, -0.2) is 63.7 Å². The molecule has 0 saturated heterocycles. The number of ether oxygens (including phenoxy) is 1. The van der Waals surface area contributed by atoms with Gasteiger partial charge in [-0.15, -0.1) is 24.0 Å². The molecule has 2 N–H and O–H groups in total. The van der Waals surface area contributed by atoms with E-state index in [1.165, 1.54) is 0 Å². The second-order valence-corrected chi connectivity index (χ2v) is 5.89. The summed E-state index contributed by atoms with van der Waals surface area (Å²) >= 11 is 0. The number of halogens is 1. The van der Waals surface area contributed by atoms with Crippen LogP contribution in [0.2, 0.25) is 0 Å². The van der Waals surface area contributed by atoms with Crippen molar-refractivity contribution in [3.8, 4) is 0 Å². The second kappa shape index (κ2) is 14.8. The van der Waals surface area contributed by atoms with Crippen molar-refractivity contribution in [2.45, 2.75) is 26.7 Å². The van der Waals surface area contributed by atoms with Crippen molar-refractivity contribution in [1.82, 2.24) is 15.5 Å². The van der Waals surface area contributed by atoms with Crippen molar-refractivity contribution in [2.24, 2.45) is 4.99 Å². The Morgan fingerprint density at radius 1 is 1.23 bits per heavy atom. The standard InChI is InChI=1S/C19H32N4O2.HI/c1-5-20-19(21-12-8-14-25-6-2)22-13-11-16-9-7-10-17(15-16)18(24)23(3)4;/h7,9-10,15H,5-6,8,11-14H2,1-4H3,(H2,20,21,22);1H. The van der Waals surface area contributed by atoms with Gasteiger partial charge in [-0.25, -0.2) is 0 Å². The largest absolute Gasteiger partial charge is 0.382 e. The normalized spacial score (nSPS) is 10.8. The van der Waals surface area contributed by atoms with Gasteiger partial charge in [0.1, 0.15) is 0 Å². The third-order valence-corrected chi connectivity index (χ3v) is 3.55. The summed E-state index contributed by atoms with van der Waals surface area (Å²) in [6.45, 7) is 7.86. The number of benzene rings is 1. The average molecular weight is 476 g/mol. The Labute approximate surface area is 174 Å². The molecule has 0 atom stereocenters. The Kier molecular flexibility index (Phi) is 14.0. The molecule has 0 aliphatic heterocycles. The summed E-state index contributed by atoms with van der Waals surface area (Å²) in [5.74, 6) is 0.846. The van der Waals surface area contributed by atoms with Crippen LogP contribution in [0.3, 0.4) is 0 Å². The topological polar surface area (TPSA) is 66.0 Å². The van der Waals surface area contributed by atoms with Gasteiger partial charge in [-0.3, -0.25) is 9.79 Å². The molecule has 1 aromatic rings. The van der Waals surface area contributed by atoms with Crippen LogP contribution in [0.25, 0.3) is 0 Å². The van der Waals surface area contributed by atoms with Crippen LogP contribution in [0.1, 0.15) is 36.2 Å². The van der Waals surface area contributed by atoms with Gasteiger partial charge in [-0.05, 0) is 44.4 Å². The molecule has 6 nitrogen and oxygen atoms in total. The van der Waals surface area contributed by atoms with E-state index in [0.717, 1.165) is 62.8 Å². The molecule has 148 valence electrons. The van der Waals surface area contributed by atoms with Crippen molar-refractivity contribution in [1.29, 1.82) is 0 Å². The Morgan fingerprint density at radius 3 is 2.65 bits per heavy atom. The highest BCUT2D eigenvalue weighted by molar-refractivity contribution is 14.0. The van der Waals surface area contributed by atoms with Crippen LogP contribution in [0.5, 0.6) is 0 Å². The maximum atomic E-state index is 12.0. The van der Waals surface area contributed by atoms with Gasteiger partial charge < -0.3 is 20.3 Å². The molecule has 0 bridgehead atoms. The maximum absolute atomic E-state index is 12.0. The minimum atomic E-state index is 0. The molecule has 0 unspecified atom stereocenters. The number of amides is 1. The lowest BCUT2D eigenvalue weighted by molar-refractivity contribution is 0.0827. The zero-order chi connectivity index (χ0) is 18.5. The molecule has 0 aliphatic rings. The average Bonchev–Trinajstić information content (AvgIpc) is 2.61. The molecular formula is C19H33IN4O2. The summed E-state index contributed by atoms with van der Waals surface area (Å²) in [4.78, 5) is 18.2. The van der Waals surface area contributed by atoms with E-state index in [1.54, 1.807) is 19.0 Å². The molecule has 0 spiro atoms. The van der Waals surface area contributed by atoms with Crippen LogP contribution in [0.4, 0.5) is 0 Å². The number of aliphatic imine (C=N–C) groups is 1. The number of hydrogen-bond acceptors (Lipinski definition) is 3. The molecule has 7 heteroatoms. The summed E-state index contributed by atoms with van der Waals surface area (Å²) in [5.41, 5.74) is 1.85. The molecule has 0 heterocycles. The van der Waals surface area contributed by atoms with Crippen molar-refractivity contribution < 1.29 is 9.53 Å². The Balaban J connectivity index is 0.00000625. The zero-order valence-electron chi connectivity index (χ0n) is 16.4. The van der Waals surface area contributed by atoms with Crippen molar-refractivity contribution in [2.75, 3.05) is 46.9 Å². The first-order valence-electron chi connectivity index (χ1n) is 8.99. The monoisotopic (exact) mass is 476 g/mol. The summed E-state index contributed by atoms with van der Waals surface area (Å²) in [7, 11) is 3.53. The van der Waals surface area contributed by atoms with E-state index < -0.39 is 0 Å². The molecule has 0 aliphatic carbocycles. The quantitative estimate of drug-likeness (QED) is 0.236. The summed E-state index contributed by atoms with van der Waals surface area (Å²) < 4.78 is 5.32. The summed E-state index contributed by atoms with van der Waals surface area (Å²) in [5, 5.41) is 6.58. The van der Waals surface area contributed by atoms with Gasteiger partial charge in [0.15, 0.2) is 5.96 Å². The van der Waals surface area contributed by atoms with E-state index in [0.29, 0.717) is 0 Å². The predicted molar refractivity (Wildman–Crippen MR) is 119 cm³/mol. The highest BCUT2D eigenvalue weighted by atomic mass is 127. The summed E-state index contributed by atoms with van der Waals surface area (Å²) in [6, 6.07) is 7.78. The molecule has 1 amide bonds. The first-order chi connectivity index (χ1) is 12.1. The first kappa shape index (κ1) is 24.7. The number of carbonyl (C=O) groups excluding carboxylic acids is 1. The van der Waals surface area contributed by atoms with Gasteiger partial charge in [0, 0.05) is 52.5 Å². The first-order valence-corrected chi connectivity index (χ1v) is 8.99. The van der Waals surface area contributed by atoms with E-state index >= 15 is 0 Å². The molecule has 0 fully saturated rings. The Bertz CT molecular complexity index is 550.